The van der Waals surface area contributed by atoms with Crippen molar-refractivity contribution in [2.75, 3.05) is 12.4 Å². The van der Waals surface area contributed by atoms with Crippen molar-refractivity contribution in [3.05, 3.63) is 77.9 Å². The van der Waals surface area contributed by atoms with Gasteiger partial charge in [-0.3, -0.25) is 4.98 Å². The predicted molar refractivity (Wildman–Crippen MR) is 125 cm³/mol. The lowest BCUT2D eigenvalue weighted by molar-refractivity contribution is 0.415. The Bertz CT molecular complexity index is 1370. The molecule has 2 aromatic carbocycles. The number of anilines is 2. The monoisotopic (exact) mass is 425 g/mol. The lowest BCUT2D eigenvalue weighted by atomic mass is 10.1. The van der Waals surface area contributed by atoms with Crippen LogP contribution in [-0.4, -0.2) is 27.0 Å². The summed E-state index contributed by atoms with van der Waals surface area (Å²) in [7, 11) is 1.65. The first-order valence-corrected chi connectivity index (χ1v) is 10.6. The maximum absolute atomic E-state index is 5.41. The molecule has 0 fully saturated rings. The minimum atomic E-state index is 0.601. The summed E-state index contributed by atoms with van der Waals surface area (Å²) < 4.78 is 5.41. The Morgan fingerprint density at radius 1 is 0.968 bits per heavy atom. The molecule has 5 rings (SSSR count). The minimum Gasteiger partial charge on any atom is -0.497 e. The van der Waals surface area contributed by atoms with Gasteiger partial charge < -0.3 is 10.1 Å². The molecule has 0 spiro atoms. The largest absolute Gasteiger partial charge is 0.497 e. The normalized spacial score (nSPS) is 10.9. The third-order valence-electron chi connectivity index (χ3n) is 4.97. The fourth-order valence-electron chi connectivity index (χ4n) is 3.37. The van der Waals surface area contributed by atoms with Crippen LogP contribution in [-0.2, 0) is 0 Å². The molecule has 1 N–H and O–H groups in total. The number of aromatic nitrogens is 4. The Kier molecular flexibility index (Phi) is 5.01. The van der Waals surface area contributed by atoms with E-state index in [4.69, 9.17) is 19.7 Å². The van der Waals surface area contributed by atoms with Crippen LogP contribution in [0.3, 0.4) is 0 Å². The van der Waals surface area contributed by atoms with Gasteiger partial charge in [-0.15, -0.1) is 11.3 Å². The van der Waals surface area contributed by atoms with E-state index in [-0.39, 0.29) is 0 Å². The van der Waals surface area contributed by atoms with Crippen molar-refractivity contribution in [1.82, 2.24) is 19.9 Å². The van der Waals surface area contributed by atoms with Gasteiger partial charge in [0.1, 0.15) is 11.6 Å². The number of pyridine rings is 1. The summed E-state index contributed by atoms with van der Waals surface area (Å²) in [6, 6.07) is 17.8. The number of ether oxygens (including phenoxy) is 1. The van der Waals surface area contributed by atoms with Gasteiger partial charge in [0.2, 0.25) is 0 Å². The van der Waals surface area contributed by atoms with Gasteiger partial charge in [-0.05, 0) is 42.8 Å². The van der Waals surface area contributed by atoms with Crippen molar-refractivity contribution in [1.29, 1.82) is 0 Å². The second kappa shape index (κ2) is 8.12. The van der Waals surface area contributed by atoms with E-state index in [9.17, 15) is 0 Å². The van der Waals surface area contributed by atoms with Gasteiger partial charge in [0.25, 0.3) is 0 Å². The van der Waals surface area contributed by atoms with Gasteiger partial charge in [0, 0.05) is 34.3 Å². The number of nitrogens with zero attached hydrogens (tertiary/aromatic N) is 4. The summed E-state index contributed by atoms with van der Waals surface area (Å²) in [5, 5.41) is 7.07. The summed E-state index contributed by atoms with van der Waals surface area (Å²) in [4.78, 5) is 18.5. The van der Waals surface area contributed by atoms with Crippen LogP contribution in [0.15, 0.2) is 72.4 Å². The summed E-state index contributed by atoms with van der Waals surface area (Å²) in [5.41, 5.74) is 4.91. The standard InChI is InChI=1S/C24H19N5OS/c1-15-6-3-4-8-18(15)21-14-31-24(27-21)29-23-19-12-17(30-2)9-10-20(19)26-22(28-23)16-7-5-11-25-13-16/h3-14H,1-2H3,(H,26,27,28,29). The molecule has 7 heteroatoms. The molecule has 5 aromatic rings. The van der Waals surface area contributed by atoms with Gasteiger partial charge in [0.15, 0.2) is 11.0 Å². The zero-order valence-electron chi connectivity index (χ0n) is 17.0. The Labute approximate surface area is 183 Å². The highest BCUT2D eigenvalue weighted by molar-refractivity contribution is 7.14. The van der Waals surface area contributed by atoms with Crippen LogP contribution in [0.25, 0.3) is 33.5 Å². The lowest BCUT2D eigenvalue weighted by Crippen LogP contribution is -2.00. The van der Waals surface area contributed by atoms with Gasteiger partial charge in [-0.25, -0.2) is 15.0 Å². The first-order chi connectivity index (χ1) is 15.2. The summed E-state index contributed by atoms with van der Waals surface area (Å²) in [5.74, 6) is 2.02. The van der Waals surface area contributed by atoms with E-state index in [0.29, 0.717) is 11.6 Å². The zero-order valence-corrected chi connectivity index (χ0v) is 17.9. The van der Waals surface area contributed by atoms with Crippen molar-refractivity contribution in [3.8, 4) is 28.4 Å². The number of hydrogen-bond acceptors (Lipinski definition) is 7. The number of nitrogens with one attached hydrogen (secondary N) is 1. The molecular weight excluding hydrogens is 406 g/mol. The van der Waals surface area contributed by atoms with Gasteiger partial charge >= 0.3 is 0 Å². The fourth-order valence-corrected chi connectivity index (χ4v) is 4.08. The molecular formula is C24H19N5OS. The van der Waals surface area contributed by atoms with E-state index in [1.807, 2.05) is 42.5 Å². The Morgan fingerprint density at radius 2 is 1.87 bits per heavy atom. The third kappa shape index (κ3) is 3.83. The van der Waals surface area contributed by atoms with Crippen LogP contribution >= 0.6 is 11.3 Å². The molecule has 0 aliphatic rings. The molecule has 0 saturated carbocycles. The van der Waals surface area contributed by atoms with Crippen molar-refractivity contribution < 1.29 is 4.74 Å². The molecule has 0 amide bonds. The van der Waals surface area contributed by atoms with Crippen molar-refractivity contribution in [2.45, 2.75) is 6.92 Å². The predicted octanol–water partition coefficient (Wildman–Crippen LogP) is 5.88. The van der Waals surface area contributed by atoms with E-state index in [1.165, 1.54) is 5.56 Å². The first-order valence-electron chi connectivity index (χ1n) is 9.76. The van der Waals surface area contributed by atoms with Crippen molar-refractivity contribution in [3.63, 3.8) is 0 Å². The van der Waals surface area contributed by atoms with Crippen LogP contribution in [0, 0.1) is 6.92 Å². The van der Waals surface area contributed by atoms with Gasteiger partial charge in [-0.2, -0.15) is 0 Å². The average Bonchev–Trinajstić information content (AvgIpc) is 3.28. The Hall–Kier alpha value is -3.84. The lowest BCUT2D eigenvalue weighted by Gasteiger charge is -2.10. The van der Waals surface area contributed by atoms with E-state index in [0.717, 1.165) is 38.6 Å². The number of fused-ring (bicyclic) bond motifs is 1. The van der Waals surface area contributed by atoms with E-state index >= 15 is 0 Å². The SMILES string of the molecule is COc1ccc2nc(-c3cccnc3)nc(Nc3nc(-c4ccccc4C)cs3)c2c1. The van der Waals surface area contributed by atoms with Crippen LogP contribution in [0.1, 0.15) is 5.56 Å². The molecule has 31 heavy (non-hydrogen) atoms. The zero-order chi connectivity index (χ0) is 21.2. The second-order valence-electron chi connectivity index (χ2n) is 7.00. The Morgan fingerprint density at radius 3 is 2.68 bits per heavy atom. The van der Waals surface area contributed by atoms with E-state index in [2.05, 4.69) is 34.7 Å². The number of hydrogen-bond donors (Lipinski definition) is 1. The highest BCUT2D eigenvalue weighted by Crippen LogP contribution is 2.33. The summed E-state index contributed by atoms with van der Waals surface area (Å²) in [6.45, 7) is 2.09. The molecule has 3 aromatic heterocycles. The molecule has 0 bridgehead atoms. The second-order valence-corrected chi connectivity index (χ2v) is 7.86. The maximum Gasteiger partial charge on any atom is 0.188 e. The van der Waals surface area contributed by atoms with Crippen LogP contribution < -0.4 is 10.1 Å². The summed E-state index contributed by atoms with van der Waals surface area (Å²) in [6.07, 6.45) is 3.49. The Balaban J connectivity index is 1.59. The molecule has 0 aliphatic carbocycles. The van der Waals surface area contributed by atoms with Crippen LogP contribution in [0.4, 0.5) is 10.9 Å². The minimum absolute atomic E-state index is 0.601. The molecule has 0 atom stereocenters. The molecule has 0 aliphatic heterocycles. The highest BCUT2D eigenvalue weighted by atomic mass is 32.1. The quantitative estimate of drug-likeness (QED) is 0.379. The van der Waals surface area contributed by atoms with E-state index in [1.54, 1.807) is 30.8 Å². The number of thiazole rings is 1. The highest BCUT2D eigenvalue weighted by Gasteiger charge is 2.13. The van der Waals surface area contributed by atoms with Crippen molar-refractivity contribution >= 4 is 33.2 Å². The molecule has 6 nitrogen and oxygen atoms in total. The fraction of sp³-hybridized carbons (Fsp3) is 0.0833. The number of aryl methyl sites for hydroxylation is 1. The molecule has 152 valence electrons. The molecule has 3 heterocycles. The van der Waals surface area contributed by atoms with Crippen molar-refractivity contribution in [2.24, 2.45) is 0 Å². The molecule has 0 radical (unpaired) electrons. The van der Waals surface area contributed by atoms with Crippen LogP contribution in [0.5, 0.6) is 5.75 Å². The number of rotatable bonds is 5. The molecule has 0 saturated heterocycles. The average molecular weight is 426 g/mol. The summed E-state index contributed by atoms with van der Waals surface area (Å²) >= 11 is 1.54. The van der Waals surface area contributed by atoms with E-state index < -0.39 is 0 Å². The van der Waals surface area contributed by atoms with Crippen LogP contribution in [0.2, 0.25) is 0 Å². The smallest absolute Gasteiger partial charge is 0.188 e. The number of methoxy groups -OCH3 is 1. The molecule has 0 unspecified atom stereocenters. The third-order valence-corrected chi connectivity index (χ3v) is 5.73. The first kappa shape index (κ1) is 19.1. The number of benzene rings is 2. The van der Waals surface area contributed by atoms with Gasteiger partial charge in [-0.1, -0.05) is 24.3 Å². The van der Waals surface area contributed by atoms with Gasteiger partial charge in [0.05, 0.1) is 18.3 Å². The topological polar surface area (TPSA) is 72.8 Å². The maximum atomic E-state index is 5.41.